The number of unbranched alkanes of at least 4 members (excludes halogenated alkanes) is 16. The Morgan fingerprint density at radius 2 is 1.06 bits per heavy atom. The number of phosphoric ester groups is 1. The topological polar surface area (TPSA) is 108 Å². The van der Waals surface area contributed by atoms with Crippen molar-refractivity contribution >= 4 is 19.8 Å². The Morgan fingerprint density at radius 1 is 0.593 bits per heavy atom. The van der Waals surface area contributed by atoms with Gasteiger partial charge in [-0.25, -0.2) is 4.57 Å². The van der Waals surface area contributed by atoms with Crippen molar-refractivity contribution in [1.29, 1.82) is 0 Å². The van der Waals surface area contributed by atoms with Crippen LogP contribution >= 0.6 is 7.82 Å². The van der Waals surface area contributed by atoms with Gasteiger partial charge >= 0.3 is 19.8 Å². The fourth-order valence-electron chi connectivity index (χ4n) is 5.49. The molecule has 10 heteroatoms. The van der Waals surface area contributed by atoms with Gasteiger partial charge in [-0.3, -0.25) is 18.6 Å². The van der Waals surface area contributed by atoms with Gasteiger partial charge in [-0.2, -0.15) is 0 Å². The Hall–Kier alpha value is -2.03. The summed E-state index contributed by atoms with van der Waals surface area (Å²) in [5.41, 5.74) is 0. The maximum absolute atomic E-state index is 12.7. The van der Waals surface area contributed by atoms with Crippen molar-refractivity contribution in [2.24, 2.45) is 0 Å². The molecule has 0 aromatic heterocycles. The molecule has 54 heavy (non-hydrogen) atoms. The van der Waals surface area contributed by atoms with Crippen molar-refractivity contribution in [2.75, 3.05) is 47.5 Å². The van der Waals surface area contributed by atoms with E-state index in [9.17, 15) is 19.0 Å². The molecule has 0 radical (unpaired) electrons. The minimum absolute atomic E-state index is 0.0265. The number of quaternary nitrogens is 1. The van der Waals surface area contributed by atoms with Gasteiger partial charge in [-0.15, -0.1) is 0 Å². The van der Waals surface area contributed by atoms with Crippen LogP contribution < -0.4 is 0 Å². The number of nitrogens with zero attached hydrogens (tertiary/aromatic N) is 1. The van der Waals surface area contributed by atoms with Crippen molar-refractivity contribution in [3.63, 3.8) is 0 Å². The number of likely N-dealkylation sites (N-methyl/N-ethyl adjacent to an activating group) is 1. The van der Waals surface area contributed by atoms with Crippen LogP contribution in [0.1, 0.15) is 168 Å². The summed E-state index contributed by atoms with van der Waals surface area (Å²) in [7, 11) is 1.46. The third kappa shape index (κ3) is 39.7. The summed E-state index contributed by atoms with van der Waals surface area (Å²) in [5, 5.41) is 0. The average Bonchev–Trinajstić information content (AvgIpc) is 3.12. The SMILES string of the molecule is CC/C=C\C/C=C\C/C=C\CCCCCCCC(=O)OC[C@H](COP(=O)(O)OCC[N+](C)(C)C)OC(=O)CCCCCCCCC/C=C\CCCCCC. The van der Waals surface area contributed by atoms with Gasteiger partial charge in [-0.05, 0) is 70.6 Å². The van der Waals surface area contributed by atoms with Gasteiger partial charge in [0, 0.05) is 12.8 Å². The number of rotatable bonds is 38. The van der Waals surface area contributed by atoms with Crippen LogP contribution in [0, 0.1) is 0 Å². The van der Waals surface area contributed by atoms with Crippen LogP contribution in [0.5, 0.6) is 0 Å². The Balaban J connectivity index is 4.41. The van der Waals surface area contributed by atoms with Gasteiger partial charge in [0.25, 0.3) is 0 Å². The second-order valence-electron chi connectivity index (χ2n) is 15.3. The largest absolute Gasteiger partial charge is 0.472 e. The molecule has 0 saturated carbocycles. The maximum atomic E-state index is 12.7. The summed E-state index contributed by atoms with van der Waals surface area (Å²) in [6, 6.07) is 0. The van der Waals surface area contributed by atoms with Crippen molar-refractivity contribution in [2.45, 2.75) is 174 Å². The van der Waals surface area contributed by atoms with Gasteiger partial charge in [0.1, 0.15) is 19.8 Å². The smallest absolute Gasteiger partial charge is 0.462 e. The highest BCUT2D eigenvalue weighted by atomic mass is 31.2. The number of ether oxygens (including phenoxy) is 2. The quantitative estimate of drug-likeness (QED) is 0.0217. The zero-order valence-electron chi connectivity index (χ0n) is 35.2. The predicted molar refractivity (Wildman–Crippen MR) is 224 cm³/mol. The van der Waals surface area contributed by atoms with Gasteiger partial charge in [-0.1, -0.05) is 133 Å². The first-order chi connectivity index (χ1) is 26.0. The second kappa shape index (κ2) is 36.6. The molecule has 0 saturated heterocycles. The monoisotopic (exact) mass is 783 g/mol. The molecule has 0 amide bonds. The van der Waals surface area contributed by atoms with E-state index in [1.165, 1.54) is 51.4 Å². The Morgan fingerprint density at radius 3 is 1.59 bits per heavy atom. The summed E-state index contributed by atoms with van der Waals surface area (Å²) < 4.78 is 34.3. The molecule has 0 aliphatic heterocycles. The summed E-state index contributed by atoms with van der Waals surface area (Å²) in [4.78, 5) is 35.3. The molecule has 0 rings (SSSR count). The van der Waals surface area contributed by atoms with E-state index >= 15 is 0 Å². The van der Waals surface area contributed by atoms with Crippen LogP contribution in [0.4, 0.5) is 0 Å². The van der Waals surface area contributed by atoms with Crippen LogP contribution in [-0.2, 0) is 32.7 Å². The number of esters is 2. The molecule has 2 atom stereocenters. The molecule has 0 fully saturated rings. The van der Waals surface area contributed by atoms with Gasteiger partial charge in [0.2, 0.25) is 0 Å². The molecular weight excluding hydrogens is 701 g/mol. The lowest BCUT2D eigenvalue weighted by atomic mass is 10.1. The van der Waals surface area contributed by atoms with Crippen LogP contribution in [0.3, 0.4) is 0 Å². The molecule has 0 heterocycles. The van der Waals surface area contributed by atoms with E-state index in [1.54, 1.807) is 0 Å². The zero-order chi connectivity index (χ0) is 40.0. The molecule has 0 bridgehead atoms. The number of phosphoric acid groups is 1. The predicted octanol–water partition coefficient (Wildman–Crippen LogP) is 11.9. The second-order valence-corrected chi connectivity index (χ2v) is 16.8. The first-order valence-corrected chi connectivity index (χ1v) is 22.9. The van der Waals surface area contributed by atoms with E-state index in [-0.39, 0.29) is 32.0 Å². The maximum Gasteiger partial charge on any atom is 0.472 e. The van der Waals surface area contributed by atoms with Crippen molar-refractivity contribution in [1.82, 2.24) is 0 Å². The molecular formula is C44H81NO8P+. The fourth-order valence-corrected chi connectivity index (χ4v) is 6.23. The third-order valence-electron chi connectivity index (χ3n) is 8.84. The molecule has 0 aromatic carbocycles. The number of carbonyl (C=O) groups is 2. The molecule has 0 aromatic rings. The molecule has 1 unspecified atom stereocenters. The standard InChI is InChI=1S/C44H80NO8P/c1-6-8-10-12-14-16-18-20-22-24-26-28-30-32-34-36-43(46)50-40-42(41-52-54(48,49)51-39-38-45(3,4)5)53-44(47)37-35-33-31-29-27-25-23-21-19-17-15-13-11-9-7-2/h8,10,14,16-17,19-20,22,42H,6-7,9,11-13,15,18,21,23-41H2,1-5H3/p+1/b10-8-,16-14-,19-17-,22-20-/t42-/m1/s1. The minimum atomic E-state index is -4.38. The first kappa shape index (κ1) is 52.0. The van der Waals surface area contributed by atoms with Crippen LogP contribution in [0.25, 0.3) is 0 Å². The highest BCUT2D eigenvalue weighted by Crippen LogP contribution is 2.43. The summed E-state index contributed by atoms with van der Waals surface area (Å²) in [6.07, 6.45) is 41.5. The highest BCUT2D eigenvalue weighted by Gasteiger charge is 2.27. The van der Waals surface area contributed by atoms with Gasteiger partial charge in [0.05, 0.1) is 27.7 Å². The van der Waals surface area contributed by atoms with Crippen LogP contribution in [0.15, 0.2) is 48.6 Å². The molecule has 9 nitrogen and oxygen atoms in total. The van der Waals surface area contributed by atoms with E-state index < -0.39 is 26.5 Å². The number of allylic oxidation sites excluding steroid dienone is 8. The molecule has 0 aliphatic rings. The van der Waals surface area contributed by atoms with E-state index in [4.69, 9.17) is 18.5 Å². The summed E-state index contributed by atoms with van der Waals surface area (Å²) in [5.74, 6) is -0.826. The van der Waals surface area contributed by atoms with Crippen LogP contribution in [-0.4, -0.2) is 74.9 Å². The molecule has 1 N–H and O–H groups in total. The lowest BCUT2D eigenvalue weighted by Crippen LogP contribution is -2.37. The Kier molecular flexibility index (Phi) is 35.2. The van der Waals surface area contributed by atoms with E-state index in [2.05, 4.69) is 62.5 Å². The lowest BCUT2D eigenvalue weighted by Gasteiger charge is -2.24. The van der Waals surface area contributed by atoms with Crippen LogP contribution in [0.2, 0.25) is 0 Å². The Bertz CT molecular complexity index is 1070. The van der Waals surface area contributed by atoms with E-state index in [0.717, 1.165) is 83.5 Å². The fraction of sp³-hybridized carbons (Fsp3) is 0.773. The molecule has 0 aliphatic carbocycles. The van der Waals surface area contributed by atoms with Crippen molar-refractivity contribution in [3.05, 3.63) is 48.6 Å². The summed E-state index contributed by atoms with van der Waals surface area (Å²) >= 11 is 0. The number of hydrogen-bond donors (Lipinski definition) is 1. The molecule has 0 spiro atoms. The zero-order valence-corrected chi connectivity index (χ0v) is 36.1. The van der Waals surface area contributed by atoms with E-state index in [0.29, 0.717) is 17.4 Å². The van der Waals surface area contributed by atoms with Gasteiger partial charge in [0.15, 0.2) is 6.10 Å². The average molecular weight is 783 g/mol. The normalized spacial score (nSPS) is 14.1. The number of carbonyl (C=O) groups excluding carboxylic acids is 2. The third-order valence-corrected chi connectivity index (χ3v) is 9.83. The van der Waals surface area contributed by atoms with Crippen molar-refractivity contribution in [3.8, 4) is 0 Å². The Labute approximate surface area is 331 Å². The van der Waals surface area contributed by atoms with E-state index in [1.807, 2.05) is 21.1 Å². The molecule has 314 valence electrons. The highest BCUT2D eigenvalue weighted by molar-refractivity contribution is 7.47. The van der Waals surface area contributed by atoms with Crippen molar-refractivity contribution < 1.29 is 42.1 Å². The first-order valence-electron chi connectivity index (χ1n) is 21.4. The summed E-state index contributed by atoms with van der Waals surface area (Å²) in [6.45, 7) is 4.26. The lowest BCUT2D eigenvalue weighted by molar-refractivity contribution is -0.870. The number of hydrogen-bond acceptors (Lipinski definition) is 7. The van der Waals surface area contributed by atoms with Gasteiger partial charge < -0.3 is 18.9 Å². The minimum Gasteiger partial charge on any atom is -0.462 e.